The number of hydrogen-bond acceptors (Lipinski definition) is 13. The third kappa shape index (κ3) is 11.5. The van der Waals surface area contributed by atoms with Crippen LogP contribution >= 0.6 is 0 Å². The van der Waals surface area contributed by atoms with Crippen LogP contribution in [0, 0.1) is 11.8 Å². The molecule has 1 N–H and O–H groups in total. The minimum absolute atomic E-state index is 0.0615. The fraction of sp³-hybridized carbons (Fsp3) is 0.481. The second-order valence-electron chi connectivity index (χ2n) is 19.8. The van der Waals surface area contributed by atoms with E-state index in [1.807, 2.05) is 91.9 Å². The highest BCUT2D eigenvalue weighted by Crippen LogP contribution is 2.47. The fourth-order valence-corrected chi connectivity index (χ4v) is 12.2. The van der Waals surface area contributed by atoms with Gasteiger partial charge in [-0.25, -0.2) is 9.59 Å². The Balaban J connectivity index is 1.09. The zero-order valence-corrected chi connectivity index (χ0v) is 42.5. The number of nitrogens with one attached hydrogen (secondary N) is 1. The highest BCUT2D eigenvalue weighted by molar-refractivity contribution is 6.74. The average Bonchev–Trinajstić information content (AvgIpc) is 3.69. The molecule has 17 heteroatoms. The van der Waals surface area contributed by atoms with Crippen molar-refractivity contribution in [3.05, 3.63) is 155 Å². The van der Waals surface area contributed by atoms with Gasteiger partial charge >= 0.3 is 12.2 Å². The van der Waals surface area contributed by atoms with E-state index in [4.69, 9.17) is 47.1 Å². The standard InChI is InChI=1S/C54H66N4O12Si/c1-9-28-61-53(60)69-48-45(57-58-55)51(70-71(7,8)54(5,6)33(2)3)67-43(47(48)62-29-35-20-12-10-13-21-35)32-64-50-44(34(4)46-42(66-50)31-63-49(68-46)36-22-14-11-15-23-36)56-52(59)65-30-41-39-26-18-16-24-37(39)38-25-17-19-27-40(38)41/h9-27,33-34,41-51H,1,28-32H2,2-8H3,(H,56,59)/t34-,42?,43?,44?,45?,46-,47+,48-,49?,50-,51+/m1/s1. The molecule has 0 bridgehead atoms. The molecule has 4 aromatic rings. The molecule has 1 amide bonds. The highest BCUT2D eigenvalue weighted by Gasteiger charge is 2.55. The largest absolute Gasteiger partial charge is 0.508 e. The molecule has 71 heavy (non-hydrogen) atoms. The van der Waals surface area contributed by atoms with Crippen LogP contribution in [-0.2, 0) is 53.7 Å². The summed E-state index contributed by atoms with van der Waals surface area (Å²) >= 11 is 0. The van der Waals surface area contributed by atoms with Crippen LogP contribution in [-0.4, -0.2) is 102 Å². The van der Waals surface area contributed by atoms with Crippen molar-refractivity contribution >= 4 is 20.6 Å². The number of ether oxygens (including phenoxy) is 9. The van der Waals surface area contributed by atoms with E-state index in [1.54, 1.807) is 0 Å². The van der Waals surface area contributed by atoms with Gasteiger partial charge in [-0.1, -0.05) is 162 Å². The second-order valence-corrected chi connectivity index (χ2v) is 24.4. The molecule has 3 heterocycles. The summed E-state index contributed by atoms with van der Waals surface area (Å²) in [7, 11) is -2.76. The Morgan fingerprint density at radius 3 is 2.15 bits per heavy atom. The van der Waals surface area contributed by atoms with Gasteiger partial charge in [0.05, 0.1) is 32.0 Å². The minimum atomic E-state index is -2.76. The van der Waals surface area contributed by atoms with E-state index in [-0.39, 0.29) is 49.9 Å². The zero-order chi connectivity index (χ0) is 50.3. The molecule has 11 atom stereocenters. The topological polar surface area (TPSA) is 187 Å². The number of carbonyl (C=O) groups excluding carboxylic acids is 2. The SMILES string of the molecule is C=CCOC(=O)O[C@@H]1C(N=[N+]=[N-])[C@H](O[Si](C)(C)C(C)(C)C(C)C)OC(CO[C@@H]2OC3COC(c4ccccc4)O[C@@H]3[C@H](C)C2NC(=O)OCC2c3ccccc3-c3ccccc32)[C@@H]1OCc1ccccc1. The third-order valence-corrected chi connectivity index (χ3v) is 19.4. The summed E-state index contributed by atoms with van der Waals surface area (Å²) in [5.41, 5.74) is 16.1. The Morgan fingerprint density at radius 1 is 0.859 bits per heavy atom. The van der Waals surface area contributed by atoms with Gasteiger partial charge in [-0.3, -0.25) is 0 Å². The predicted octanol–water partition coefficient (Wildman–Crippen LogP) is 10.7. The van der Waals surface area contributed by atoms with E-state index in [0.717, 1.165) is 33.4 Å². The molecule has 4 aromatic carbocycles. The molecule has 0 aromatic heterocycles. The molecule has 8 rings (SSSR count). The molecule has 0 spiro atoms. The Bertz CT molecular complexity index is 2450. The zero-order valence-electron chi connectivity index (χ0n) is 41.5. The number of benzene rings is 4. The Hall–Kier alpha value is -5.59. The van der Waals surface area contributed by atoms with Crippen LogP contribution < -0.4 is 5.32 Å². The minimum Gasteiger partial charge on any atom is -0.449 e. The van der Waals surface area contributed by atoms with Crippen LogP contribution in [0.15, 0.2) is 127 Å². The Labute approximate surface area is 416 Å². The van der Waals surface area contributed by atoms with Crippen molar-refractivity contribution in [2.45, 2.75) is 127 Å². The molecular weight excluding hydrogens is 925 g/mol. The van der Waals surface area contributed by atoms with Gasteiger partial charge in [0, 0.05) is 22.3 Å². The maximum atomic E-state index is 14.2. The summed E-state index contributed by atoms with van der Waals surface area (Å²) in [5.74, 6) is -0.365. The second kappa shape index (κ2) is 22.9. The van der Waals surface area contributed by atoms with E-state index in [0.29, 0.717) is 0 Å². The molecule has 0 saturated carbocycles. The molecule has 5 unspecified atom stereocenters. The normalized spacial score (nSPS) is 27.3. The summed E-state index contributed by atoms with van der Waals surface area (Å²) in [6.07, 6.45) is -7.84. The van der Waals surface area contributed by atoms with Gasteiger partial charge < -0.3 is 52.4 Å². The lowest BCUT2D eigenvalue weighted by Crippen LogP contribution is -2.65. The molecule has 0 radical (unpaired) electrons. The smallest absolute Gasteiger partial charge is 0.449 e. The molecule has 378 valence electrons. The van der Waals surface area contributed by atoms with Crippen LogP contribution in [0.3, 0.4) is 0 Å². The quantitative estimate of drug-likeness (QED) is 0.0249. The van der Waals surface area contributed by atoms with Crippen LogP contribution in [0.4, 0.5) is 9.59 Å². The summed E-state index contributed by atoms with van der Waals surface area (Å²) in [5, 5.41) is 6.94. The predicted molar refractivity (Wildman–Crippen MR) is 266 cm³/mol. The summed E-state index contributed by atoms with van der Waals surface area (Å²) < 4.78 is 64.2. The first-order valence-electron chi connectivity index (χ1n) is 24.4. The van der Waals surface area contributed by atoms with Gasteiger partial charge in [-0.15, -0.1) is 0 Å². The van der Waals surface area contributed by atoms with E-state index in [9.17, 15) is 15.1 Å². The molecule has 16 nitrogen and oxygen atoms in total. The van der Waals surface area contributed by atoms with Crippen molar-refractivity contribution in [1.29, 1.82) is 0 Å². The van der Waals surface area contributed by atoms with Crippen molar-refractivity contribution < 1.29 is 56.6 Å². The number of alkyl carbamates (subject to hydrolysis) is 1. The lowest BCUT2D eigenvalue weighted by atomic mass is 9.88. The number of azide groups is 1. The molecule has 3 fully saturated rings. The lowest BCUT2D eigenvalue weighted by molar-refractivity contribution is -0.341. The molecule has 3 aliphatic heterocycles. The molecule has 4 aliphatic rings. The van der Waals surface area contributed by atoms with Crippen molar-refractivity contribution in [2.75, 3.05) is 26.4 Å². The van der Waals surface area contributed by atoms with Crippen molar-refractivity contribution in [3.8, 4) is 11.1 Å². The van der Waals surface area contributed by atoms with Crippen LogP contribution in [0.25, 0.3) is 21.6 Å². The van der Waals surface area contributed by atoms with Gasteiger partial charge in [-0.05, 0) is 57.4 Å². The summed E-state index contributed by atoms with van der Waals surface area (Å²) in [6.45, 7) is 18.3. The number of fused-ring (bicyclic) bond motifs is 4. The summed E-state index contributed by atoms with van der Waals surface area (Å²) in [6, 6.07) is 33.3. The number of amides is 1. The summed E-state index contributed by atoms with van der Waals surface area (Å²) in [4.78, 5) is 30.7. The van der Waals surface area contributed by atoms with E-state index >= 15 is 0 Å². The number of hydrogen-bond donors (Lipinski definition) is 1. The number of nitrogens with zero attached hydrogens (tertiary/aromatic N) is 3. The van der Waals surface area contributed by atoms with Crippen LogP contribution in [0.1, 0.15) is 69.1 Å². The van der Waals surface area contributed by atoms with Crippen LogP contribution in [0.2, 0.25) is 18.1 Å². The average molecular weight is 991 g/mol. The maximum absolute atomic E-state index is 14.2. The van der Waals surface area contributed by atoms with Gasteiger partial charge in [0.25, 0.3) is 0 Å². The lowest BCUT2D eigenvalue weighted by Gasteiger charge is -2.50. The first kappa shape index (κ1) is 51.8. The van der Waals surface area contributed by atoms with E-state index < -0.39 is 88.0 Å². The third-order valence-electron chi connectivity index (χ3n) is 14.9. The number of carbonyl (C=O) groups is 2. The van der Waals surface area contributed by atoms with Crippen molar-refractivity contribution in [1.82, 2.24) is 5.32 Å². The van der Waals surface area contributed by atoms with Gasteiger partial charge in [0.1, 0.15) is 43.7 Å². The molecular formula is C54H66N4O12Si. The van der Waals surface area contributed by atoms with Crippen molar-refractivity contribution in [2.24, 2.45) is 17.0 Å². The Kier molecular flexibility index (Phi) is 16.7. The van der Waals surface area contributed by atoms with Gasteiger partial charge in [-0.2, -0.15) is 0 Å². The maximum Gasteiger partial charge on any atom is 0.508 e. The fourth-order valence-electron chi connectivity index (χ4n) is 9.75. The van der Waals surface area contributed by atoms with E-state index in [2.05, 4.69) is 87.0 Å². The van der Waals surface area contributed by atoms with Gasteiger partial charge in [0.15, 0.2) is 27.2 Å². The Morgan fingerprint density at radius 2 is 1.51 bits per heavy atom. The van der Waals surface area contributed by atoms with Crippen molar-refractivity contribution in [3.63, 3.8) is 0 Å². The molecule has 3 saturated heterocycles. The van der Waals surface area contributed by atoms with Crippen LogP contribution in [0.5, 0.6) is 0 Å². The first-order valence-corrected chi connectivity index (χ1v) is 27.3. The van der Waals surface area contributed by atoms with E-state index in [1.165, 1.54) is 6.08 Å². The monoisotopic (exact) mass is 990 g/mol. The first-order chi connectivity index (χ1) is 34.2. The molecule has 1 aliphatic carbocycles. The van der Waals surface area contributed by atoms with Gasteiger partial charge in [0.2, 0.25) is 0 Å². The number of rotatable bonds is 18. The highest BCUT2D eigenvalue weighted by atomic mass is 28.4.